The average Bonchev–Trinajstić information content (AvgIpc) is 2.78. The van der Waals surface area contributed by atoms with Crippen molar-refractivity contribution in [3.8, 4) is 0 Å². The number of hydrogen-bond donors (Lipinski definition) is 0. The minimum Gasteiger partial charge on any atom is -0.375 e. The molecule has 2 fully saturated rings. The standard InChI is InChI=1S/C16H25NO2/c1-12-9-14-11-17(8-7-15(14)19-12)16(18)10-13-5-3-2-4-6-13/h5,12,14-15H,2-4,6-11H2,1H3/t12-,14-,15-/m0/s1. The molecule has 3 atom stereocenters. The number of nitrogens with zero attached hydrogens (tertiary/aromatic N) is 1. The second kappa shape index (κ2) is 5.66. The summed E-state index contributed by atoms with van der Waals surface area (Å²) < 4.78 is 5.89. The van der Waals surface area contributed by atoms with Crippen LogP contribution >= 0.6 is 0 Å². The van der Waals surface area contributed by atoms with Gasteiger partial charge in [-0.3, -0.25) is 4.79 Å². The first-order chi connectivity index (χ1) is 9.22. The summed E-state index contributed by atoms with van der Waals surface area (Å²) in [6.07, 6.45) is 10.7. The third kappa shape index (κ3) is 3.02. The third-order valence-corrected chi connectivity index (χ3v) is 4.82. The summed E-state index contributed by atoms with van der Waals surface area (Å²) in [5.41, 5.74) is 1.37. The van der Waals surface area contributed by atoms with Gasteiger partial charge < -0.3 is 9.64 Å². The van der Waals surface area contributed by atoms with Crippen LogP contribution in [0.2, 0.25) is 0 Å². The van der Waals surface area contributed by atoms with Gasteiger partial charge >= 0.3 is 0 Å². The highest BCUT2D eigenvalue weighted by Gasteiger charge is 2.38. The average molecular weight is 263 g/mol. The van der Waals surface area contributed by atoms with Gasteiger partial charge in [-0.25, -0.2) is 0 Å². The van der Waals surface area contributed by atoms with Crippen molar-refractivity contribution in [1.29, 1.82) is 0 Å². The predicted octanol–water partition coefficient (Wildman–Crippen LogP) is 2.90. The molecule has 0 saturated carbocycles. The van der Waals surface area contributed by atoms with Crippen LogP contribution in [0.1, 0.15) is 51.9 Å². The number of hydrogen-bond acceptors (Lipinski definition) is 2. The number of carbonyl (C=O) groups excluding carboxylic acids is 1. The zero-order chi connectivity index (χ0) is 13.2. The lowest BCUT2D eigenvalue weighted by atomic mass is 9.92. The fourth-order valence-electron chi connectivity index (χ4n) is 3.79. The van der Waals surface area contributed by atoms with Gasteiger partial charge in [0.25, 0.3) is 0 Å². The summed E-state index contributed by atoms with van der Waals surface area (Å²) in [6.45, 7) is 3.96. The van der Waals surface area contributed by atoms with Gasteiger partial charge in [-0.15, -0.1) is 0 Å². The monoisotopic (exact) mass is 263 g/mol. The lowest BCUT2D eigenvalue weighted by molar-refractivity contribution is -0.133. The second-order valence-corrected chi connectivity index (χ2v) is 6.39. The maximum atomic E-state index is 12.4. The molecule has 0 spiro atoms. The van der Waals surface area contributed by atoms with Gasteiger partial charge in [0.1, 0.15) is 0 Å². The van der Waals surface area contributed by atoms with Crippen LogP contribution in [-0.2, 0) is 9.53 Å². The maximum absolute atomic E-state index is 12.4. The Morgan fingerprint density at radius 2 is 2.37 bits per heavy atom. The molecule has 1 aliphatic carbocycles. The van der Waals surface area contributed by atoms with E-state index in [0.29, 0.717) is 30.5 Å². The normalized spacial score (nSPS) is 34.9. The number of allylic oxidation sites excluding steroid dienone is 1. The summed E-state index contributed by atoms with van der Waals surface area (Å²) in [4.78, 5) is 14.5. The smallest absolute Gasteiger partial charge is 0.226 e. The van der Waals surface area contributed by atoms with Crippen molar-refractivity contribution in [3.63, 3.8) is 0 Å². The molecule has 3 aliphatic rings. The number of fused-ring (bicyclic) bond motifs is 1. The zero-order valence-corrected chi connectivity index (χ0v) is 11.9. The first-order valence-electron chi connectivity index (χ1n) is 7.83. The highest BCUT2D eigenvalue weighted by atomic mass is 16.5. The molecule has 2 saturated heterocycles. The summed E-state index contributed by atoms with van der Waals surface area (Å²) in [6, 6.07) is 0. The van der Waals surface area contributed by atoms with Crippen molar-refractivity contribution in [1.82, 2.24) is 4.90 Å². The molecule has 0 unspecified atom stereocenters. The van der Waals surface area contributed by atoms with Gasteiger partial charge in [0.2, 0.25) is 5.91 Å². The minimum atomic E-state index is 0.339. The zero-order valence-electron chi connectivity index (χ0n) is 11.9. The van der Waals surface area contributed by atoms with Crippen LogP contribution in [0.25, 0.3) is 0 Å². The SMILES string of the molecule is C[C@H]1C[C@H]2CN(C(=O)CC3=CCCCC3)CC[C@@H]2O1. The van der Waals surface area contributed by atoms with Crippen LogP contribution in [0, 0.1) is 5.92 Å². The molecule has 2 heterocycles. The van der Waals surface area contributed by atoms with Gasteiger partial charge in [-0.05, 0) is 45.4 Å². The molecule has 19 heavy (non-hydrogen) atoms. The van der Waals surface area contributed by atoms with Crippen LogP contribution < -0.4 is 0 Å². The third-order valence-electron chi connectivity index (χ3n) is 4.82. The molecule has 106 valence electrons. The van der Waals surface area contributed by atoms with E-state index in [0.717, 1.165) is 32.4 Å². The number of amides is 1. The second-order valence-electron chi connectivity index (χ2n) is 6.39. The number of likely N-dealkylation sites (tertiary alicyclic amines) is 1. The fourth-order valence-corrected chi connectivity index (χ4v) is 3.79. The van der Waals surface area contributed by atoms with Crippen molar-refractivity contribution in [2.45, 2.75) is 64.1 Å². The van der Waals surface area contributed by atoms with Gasteiger partial charge in [0.15, 0.2) is 0 Å². The van der Waals surface area contributed by atoms with Crippen molar-refractivity contribution < 1.29 is 9.53 Å². The van der Waals surface area contributed by atoms with E-state index in [4.69, 9.17) is 4.74 Å². The quantitative estimate of drug-likeness (QED) is 0.717. The molecule has 0 bridgehead atoms. The first kappa shape index (κ1) is 13.2. The molecule has 0 radical (unpaired) electrons. The van der Waals surface area contributed by atoms with E-state index in [9.17, 15) is 4.79 Å². The van der Waals surface area contributed by atoms with Crippen LogP contribution in [0.5, 0.6) is 0 Å². The van der Waals surface area contributed by atoms with E-state index in [-0.39, 0.29) is 0 Å². The lowest BCUT2D eigenvalue weighted by Gasteiger charge is -2.34. The van der Waals surface area contributed by atoms with Crippen LogP contribution in [0.15, 0.2) is 11.6 Å². The Labute approximate surface area is 116 Å². The number of rotatable bonds is 2. The first-order valence-corrected chi connectivity index (χ1v) is 7.83. The molecule has 0 N–H and O–H groups in total. The topological polar surface area (TPSA) is 29.5 Å². The summed E-state index contributed by atoms with van der Waals surface area (Å²) in [5, 5.41) is 0. The Balaban J connectivity index is 1.54. The van der Waals surface area contributed by atoms with Crippen molar-refractivity contribution in [2.75, 3.05) is 13.1 Å². The molecular weight excluding hydrogens is 238 g/mol. The van der Waals surface area contributed by atoms with E-state index in [1.165, 1.54) is 24.8 Å². The fraction of sp³-hybridized carbons (Fsp3) is 0.812. The molecule has 0 aromatic rings. The Bertz CT molecular complexity index is 377. The van der Waals surface area contributed by atoms with E-state index >= 15 is 0 Å². The molecular formula is C16H25NO2. The van der Waals surface area contributed by atoms with E-state index in [1.807, 2.05) is 0 Å². The highest BCUT2D eigenvalue weighted by molar-refractivity contribution is 5.78. The van der Waals surface area contributed by atoms with Crippen molar-refractivity contribution in [2.24, 2.45) is 5.92 Å². The van der Waals surface area contributed by atoms with Crippen molar-refractivity contribution in [3.05, 3.63) is 11.6 Å². The Morgan fingerprint density at radius 3 is 3.16 bits per heavy atom. The summed E-state index contributed by atoms with van der Waals surface area (Å²) in [7, 11) is 0. The van der Waals surface area contributed by atoms with Crippen LogP contribution in [0.4, 0.5) is 0 Å². The summed E-state index contributed by atoms with van der Waals surface area (Å²) >= 11 is 0. The largest absolute Gasteiger partial charge is 0.375 e. The molecule has 0 aromatic heterocycles. The van der Waals surface area contributed by atoms with Crippen LogP contribution in [0.3, 0.4) is 0 Å². The highest BCUT2D eigenvalue weighted by Crippen LogP contribution is 2.33. The molecule has 3 rings (SSSR count). The number of carbonyl (C=O) groups is 1. The van der Waals surface area contributed by atoms with Crippen molar-refractivity contribution >= 4 is 5.91 Å². The number of piperidine rings is 1. The number of ether oxygens (including phenoxy) is 1. The molecule has 3 nitrogen and oxygen atoms in total. The van der Waals surface area contributed by atoms with E-state index in [1.54, 1.807) is 0 Å². The molecule has 2 aliphatic heterocycles. The molecule has 0 aromatic carbocycles. The van der Waals surface area contributed by atoms with E-state index in [2.05, 4.69) is 17.9 Å². The Hall–Kier alpha value is -0.830. The van der Waals surface area contributed by atoms with E-state index < -0.39 is 0 Å². The molecule has 3 heteroatoms. The lowest BCUT2D eigenvalue weighted by Crippen LogP contribution is -2.44. The van der Waals surface area contributed by atoms with Gasteiger partial charge in [0, 0.05) is 25.4 Å². The molecule has 1 amide bonds. The van der Waals surface area contributed by atoms with Crippen LogP contribution in [-0.4, -0.2) is 36.1 Å². The Morgan fingerprint density at radius 1 is 1.47 bits per heavy atom. The Kier molecular flexibility index (Phi) is 3.92. The van der Waals surface area contributed by atoms with Gasteiger partial charge in [-0.2, -0.15) is 0 Å². The maximum Gasteiger partial charge on any atom is 0.226 e. The minimum absolute atomic E-state index is 0.339. The predicted molar refractivity (Wildman–Crippen MR) is 74.8 cm³/mol. The van der Waals surface area contributed by atoms with Gasteiger partial charge in [0.05, 0.1) is 12.2 Å². The summed E-state index contributed by atoms with van der Waals surface area (Å²) in [5.74, 6) is 0.916. The van der Waals surface area contributed by atoms with Gasteiger partial charge in [-0.1, -0.05) is 11.6 Å².